The Hall–Kier alpha value is 1.49. The van der Waals surface area contributed by atoms with Gasteiger partial charge in [0.15, 0.2) is 0 Å². The van der Waals surface area contributed by atoms with Crippen molar-refractivity contribution in [2.45, 2.75) is 25.0 Å². The molecule has 0 unspecified atom stereocenters. The molecule has 0 amide bonds. The van der Waals surface area contributed by atoms with Gasteiger partial charge in [0.25, 0.3) is 0 Å². The van der Waals surface area contributed by atoms with Crippen LogP contribution in [0, 0.1) is 0 Å². The van der Waals surface area contributed by atoms with Crippen LogP contribution in [0.15, 0.2) is 0 Å². The quantitative estimate of drug-likeness (QED) is 0.655. The van der Waals surface area contributed by atoms with Crippen molar-refractivity contribution in [1.29, 1.82) is 0 Å². The highest BCUT2D eigenvalue weighted by Gasteiger charge is 1.69. The van der Waals surface area contributed by atoms with Gasteiger partial charge in [-0.3, -0.25) is 0 Å². The largest absolute Gasteiger partial charge is 0.211 e. The average molecular weight is 248 g/mol. The molecule has 0 aromatic carbocycles. The highest BCUT2D eigenvalue weighted by molar-refractivity contribution is 8.93. The molecule has 0 heterocycles. The lowest BCUT2D eigenvalue weighted by Crippen LogP contribution is -1.63. The zero-order valence-corrected chi connectivity index (χ0v) is 10.4. The Morgan fingerprint density at radius 2 is 1.71 bits per heavy atom. The fraction of sp³-hybridized carbons (Fsp3) is 1.00. The molecule has 0 aliphatic heterocycles. The summed E-state index contributed by atoms with van der Waals surface area (Å²) in [6.45, 7) is 2.23. The number of rotatable bonds is 2. The lowest BCUT2D eigenvalue weighted by molar-refractivity contribution is 0.884. The van der Waals surface area contributed by atoms with Crippen LogP contribution in [0.4, 0.5) is 0 Å². The van der Waals surface area contributed by atoms with Crippen LogP contribution in [0.5, 0.6) is 0 Å². The summed E-state index contributed by atoms with van der Waals surface area (Å²) in [5, 5.41) is 1.48. The molecule has 0 aromatic rings. The highest BCUT2D eigenvalue weighted by atomic mass is 79.9. The van der Waals surface area contributed by atoms with E-state index in [1.807, 2.05) is 0 Å². The molecule has 0 N–H and O–H groups in total. The predicted molar refractivity (Wildman–Crippen MR) is 48.9 cm³/mol. The molecule has 0 rings (SSSR count). The van der Waals surface area contributed by atoms with Crippen LogP contribution in [0.2, 0.25) is 5.28 Å². The van der Waals surface area contributed by atoms with Gasteiger partial charge < -0.3 is 0 Å². The van der Waals surface area contributed by atoms with E-state index in [1.165, 1.54) is 34.4 Å². The van der Waals surface area contributed by atoms with Crippen LogP contribution in [0.25, 0.3) is 0 Å². The molecule has 0 aliphatic rings. The van der Waals surface area contributed by atoms with E-state index >= 15 is 0 Å². The van der Waals surface area contributed by atoms with Crippen LogP contribution in [-0.4, -0.2) is 16.3 Å². The third-order valence-electron chi connectivity index (χ3n) is 0.707. The van der Waals surface area contributed by atoms with Crippen molar-refractivity contribution in [3.8, 4) is 0 Å². The van der Waals surface area contributed by atoms with Gasteiger partial charge in [-0.1, -0.05) is 19.8 Å². The van der Waals surface area contributed by atoms with E-state index in [-0.39, 0.29) is 34.0 Å². The molecular weight excluding hydrogens is 235 g/mol. The molecule has 0 aliphatic carbocycles. The van der Waals surface area contributed by atoms with Crippen LogP contribution in [0.3, 0.4) is 0 Å². The second-order valence-corrected chi connectivity index (χ2v) is 2.35. The maximum absolute atomic E-state index is 2.23. The monoisotopic (exact) mass is 246 g/mol. The van der Waals surface area contributed by atoms with Gasteiger partial charge in [0, 0.05) is 0 Å². The van der Waals surface area contributed by atoms with Crippen molar-refractivity contribution < 1.29 is 0 Å². The van der Waals surface area contributed by atoms with Gasteiger partial charge >= 0.3 is 0 Å². The van der Waals surface area contributed by atoms with E-state index in [1.54, 1.807) is 0 Å². The van der Waals surface area contributed by atoms with E-state index in [2.05, 4.69) is 6.92 Å². The molecule has 0 radical (unpaired) electrons. The SMILES string of the molecule is Br.Br.CCC[CH2][AlH2]. The molecule has 0 saturated carbocycles. The molecule has 46 valence electrons. The predicted octanol–water partition coefficient (Wildman–Crippen LogP) is 1.99. The number of hydrogen-bond donors (Lipinski definition) is 0. The molecule has 0 fully saturated rings. The van der Waals surface area contributed by atoms with Crippen molar-refractivity contribution in [2.24, 2.45) is 0 Å². The van der Waals surface area contributed by atoms with Crippen molar-refractivity contribution >= 4 is 50.3 Å². The summed E-state index contributed by atoms with van der Waals surface area (Å²) in [5.41, 5.74) is 0. The maximum Gasteiger partial charge on any atom is 0.211 e. The molecular formula is C4H13AlBr2. The fourth-order valence-corrected chi connectivity index (χ4v) is 1.06. The molecule has 0 atom stereocenters. The minimum Gasteiger partial charge on any atom is -0.114 e. The minimum atomic E-state index is 0. The van der Waals surface area contributed by atoms with Gasteiger partial charge in [0.1, 0.15) is 0 Å². The van der Waals surface area contributed by atoms with Gasteiger partial charge in [-0.05, 0) is 0 Å². The Morgan fingerprint density at radius 3 is 1.71 bits per heavy atom. The smallest absolute Gasteiger partial charge is 0.114 e. The van der Waals surface area contributed by atoms with E-state index in [0.717, 1.165) is 0 Å². The van der Waals surface area contributed by atoms with Gasteiger partial charge in [-0.25, -0.2) is 0 Å². The first kappa shape index (κ1) is 15.8. The molecule has 0 aromatic heterocycles. The summed E-state index contributed by atoms with van der Waals surface area (Å²) < 4.78 is 0. The second-order valence-electron chi connectivity index (χ2n) is 1.35. The highest BCUT2D eigenvalue weighted by Crippen LogP contribution is 1.86. The molecule has 0 bridgehead atoms. The summed E-state index contributed by atoms with van der Waals surface area (Å²) in [7, 11) is 0. The summed E-state index contributed by atoms with van der Waals surface area (Å²) in [4.78, 5) is 0. The summed E-state index contributed by atoms with van der Waals surface area (Å²) >= 11 is 1.40. The lowest BCUT2D eigenvalue weighted by atomic mass is 10.4. The maximum atomic E-state index is 2.23. The molecule has 7 heavy (non-hydrogen) atoms. The van der Waals surface area contributed by atoms with E-state index in [4.69, 9.17) is 0 Å². The normalized spacial score (nSPS) is 5.86. The van der Waals surface area contributed by atoms with E-state index in [0.29, 0.717) is 0 Å². The van der Waals surface area contributed by atoms with Crippen molar-refractivity contribution in [3.63, 3.8) is 0 Å². The Morgan fingerprint density at radius 1 is 1.29 bits per heavy atom. The van der Waals surface area contributed by atoms with Gasteiger partial charge in [0.2, 0.25) is 16.3 Å². The first-order valence-corrected chi connectivity index (χ1v) is 3.83. The lowest BCUT2D eigenvalue weighted by Gasteiger charge is -1.78. The number of unbranched alkanes of at least 4 members (excludes halogenated alkanes) is 1. The van der Waals surface area contributed by atoms with Gasteiger partial charge in [0.05, 0.1) is 0 Å². The summed E-state index contributed by atoms with van der Waals surface area (Å²) in [6.07, 6.45) is 2.83. The second kappa shape index (κ2) is 15.6. The number of hydrogen-bond acceptors (Lipinski definition) is 0. The number of halogens is 2. The standard InChI is InChI=1S/C4H9.Al.2BrH.2H/c1-3-4-2;;;;;/h1,3-4H2,2H3;;2*1H;;. The van der Waals surface area contributed by atoms with Crippen LogP contribution in [-0.2, 0) is 0 Å². The average Bonchev–Trinajstić information content (AvgIpc) is 1.41. The zero-order chi connectivity index (χ0) is 4.12. The first-order chi connectivity index (χ1) is 2.41. The zero-order valence-electron chi connectivity index (χ0n) is 4.94. The first-order valence-electron chi connectivity index (χ1n) is 2.41. The van der Waals surface area contributed by atoms with Crippen molar-refractivity contribution in [2.75, 3.05) is 0 Å². The van der Waals surface area contributed by atoms with Crippen LogP contribution in [0.1, 0.15) is 19.8 Å². The Bertz CT molecular complexity index is 17.2. The topological polar surface area (TPSA) is 0 Å². The summed E-state index contributed by atoms with van der Waals surface area (Å²) in [6, 6.07) is 0. The third kappa shape index (κ3) is 18.5. The Balaban J connectivity index is -0.0000000800. The van der Waals surface area contributed by atoms with Crippen LogP contribution < -0.4 is 0 Å². The van der Waals surface area contributed by atoms with Gasteiger partial charge in [-0.15, -0.1) is 39.2 Å². The van der Waals surface area contributed by atoms with E-state index < -0.39 is 0 Å². The Labute approximate surface area is 75.0 Å². The van der Waals surface area contributed by atoms with Crippen LogP contribution >= 0.6 is 34.0 Å². The Kier molecular flexibility index (Phi) is 35.3. The molecule has 0 nitrogen and oxygen atoms in total. The third-order valence-corrected chi connectivity index (χ3v) is 1.41. The molecule has 0 spiro atoms. The van der Waals surface area contributed by atoms with Gasteiger partial charge in [-0.2, -0.15) is 0 Å². The molecule has 3 heteroatoms. The molecule has 0 saturated heterocycles. The fourth-order valence-electron chi connectivity index (χ4n) is 0.354. The summed E-state index contributed by atoms with van der Waals surface area (Å²) in [5.74, 6) is 0. The van der Waals surface area contributed by atoms with Crippen molar-refractivity contribution in [1.82, 2.24) is 0 Å². The van der Waals surface area contributed by atoms with E-state index in [9.17, 15) is 0 Å². The van der Waals surface area contributed by atoms with Crippen molar-refractivity contribution in [3.05, 3.63) is 0 Å². The minimum absolute atomic E-state index is 0.